The van der Waals surface area contributed by atoms with E-state index in [0.29, 0.717) is 23.9 Å². The molecule has 23 heavy (non-hydrogen) atoms. The van der Waals surface area contributed by atoms with Crippen molar-refractivity contribution in [2.75, 3.05) is 31.2 Å². The lowest BCUT2D eigenvalue weighted by molar-refractivity contribution is -0.118. The monoisotopic (exact) mass is 332 g/mol. The van der Waals surface area contributed by atoms with Crippen LogP contribution in [0.1, 0.15) is 17.2 Å². The molecule has 120 valence electrons. The Labute approximate surface area is 139 Å². The van der Waals surface area contributed by atoms with Crippen molar-refractivity contribution in [3.63, 3.8) is 0 Å². The highest BCUT2D eigenvalue weighted by atomic mass is 35.5. The fourth-order valence-electron chi connectivity index (χ4n) is 2.59. The summed E-state index contributed by atoms with van der Waals surface area (Å²) in [6, 6.07) is 10.6. The maximum absolute atomic E-state index is 11.9. The van der Waals surface area contributed by atoms with Gasteiger partial charge in [0.05, 0.1) is 18.9 Å². The third kappa shape index (κ3) is 3.60. The van der Waals surface area contributed by atoms with Gasteiger partial charge in [-0.15, -0.1) is 5.10 Å². The molecular formula is C16H17ClN4O2. The van der Waals surface area contributed by atoms with Crippen molar-refractivity contribution < 1.29 is 9.53 Å². The maximum atomic E-state index is 11.9. The van der Waals surface area contributed by atoms with E-state index in [2.05, 4.69) is 15.1 Å². The number of benzene rings is 1. The smallest absolute Gasteiger partial charge is 0.231 e. The summed E-state index contributed by atoms with van der Waals surface area (Å²) in [4.78, 5) is 14.0. The zero-order valence-corrected chi connectivity index (χ0v) is 13.2. The first-order valence-corrected chi connectivity index (χ1v) is 7.74. The molecule has 1 aliphatic heterocycles. The first-order valence-electron chi connectivity index (χ1n) is 7.36. The van der Waals surface area contributed by atoms with E-state index in [1.54, 1.807) is 30.3 Å². The number of ether oxygens (including phenoxy) is 1. The van der Waals surface area contributed by atoms with Crippen LogP contribution in [0.4, 0.5) is 5.82 Å². The van der Waals surface area contributed by atoms with Crippen molar-refractivity contribution in [1.29, 1.82) is 0 Å². The highest BCUT2D eigenvalue weighted by Crippen LogP contribution is 2.25. The number of carbonyl (C=O) groups excluding carboxylic acids is 1. The van der Waals surface area contributed by atoms with E-state index in [9.17, 15) is 4.79 Å². The van der Waals surface area contributed by atoms with Crippen LogP contribution in [0.2, 0.25) is 5.02 Å². The summed E-state index contributed by atoms with van der Waals surface area (Å²) in [5, 5.41) is 9.05. The van der Waals surface area contributed by atoms with Crippen molar-refractivity contribution in [3.8, 4) is 0 Å². The average molecular weight is 333 g/mol. The van der Waals surface area contributed by atoms with E-state index < -0.39 is 11.8 Å². The Morgan fingerprint density at radius 1 is 1.13 bits per heavy atom. The van der Waals surface area contributed by atoms with Crippen LogP contribution < -0.4 is 10.6 Å². The molecule has 2 N–H and O–H groups in total. The highest BCUT2D eigenvalue weighted by molar-refractivity contribution is 6.30. The van der Waals surface area contributed by atoms with Crippen molar-refractivity contribution in [2.24, 2.45) is 5.73 Å². The molecule has 6 nitrogen and oxygen atoms in total. The van der Waals surface area contributed by atoms with Crippen LogP contribution in [0, 0.1) is 0 Å². The third-order valence-electron chi connectivity index (χ3n) is 3.79. The number of aromatic nitrogens is 2. The van der Waals surface area contributed by atoms with E-state index in [1.807, 2.05) is 6.07 Å². The van der Waals surface area contributed by atoms with Crippen LogP contribution in [0.5, 0.6) is 0 Å². The summed E-state index contributed by atoms with van der Waals surface area (Å²) in [6.45, 7) is 2.92. The third-order valence-corrected chi connectivity index (χ3v) is 4.04. The fraction of sp³-hybridized carbons (Fsp3) is 0.312. The van der Waals surface area contributed by atoms with Gasteiger partial charge in [0.15, 0.2) is 5.82 Å². The molecule has 1 aromatic heterocycles. The molecule has 1 atom stereocenters. The second kappa shape index (κ2) is 6.93. The average Bonchev–Trinajstić information content (AvgIpc) is 2.58. The van der Waals surface area contributed by atoms with Gasteiger partial charge in [-0.3, -0.25) is 4.79 Å². The molecule has 1 unspecified atom stereocenters. The molecule has 3 rings (SSSR count). The second-order valence-corrected chi connectivity index (χ2v) is 5.74. The van der Waals surface area contributed by atoms with Gasteiger partial charge in [0, 0.05) is 18.1 Å². The summed E-state index contributed by atoms with van der Waals surface area (Å²) >= 11 is 5.89. The van der Waals surface area contributed by atoms with E-state index in [0.717, 1.165) is 24.5 Å². The number of carbonyl (C=O) groups is 1. The van der Waals surface area contributed by atoms with E-state index in [1.165, 1.54) is 0 Å². The lowest BCUT2D eigenvalue weighted by atomic mass is 9.95. The number of anilines is 1. The Hall–Kier alpha value is -2.18. The molecule has 1 amide bonds. The Balaban J connectivity index is 1.85. The van der Waals surface area contributed by atoms with Crippen LogP contribution in [-0.2, 0) is 9.53 Å². The number of halogens is 1. The predicted octanol–water partition coefficient (Wildman–Crippen LogP) is 1.58. The first kappa shape index (κ1) is 15.7. The van der Waals surface area contributed by atoms with Gasteiger partial charge in [0.2, 0.25) is 5.91 Å². The zero-order chi connectivity index (χ0) is 16.2. The van der Waals surface area contributed by atoms with Gasteiger partial charge < -0.3 is 15.4 Å². The maximum Gasteiger partial charge on any atom is 0.231 e. The molecule has 1 aromatic carbocycles. The lowest BCUT2D eigenvalue weighted by Gasteiger charge is -2.27. The van der Waals surface area contributed by atoms with Gasteiger partial charge in [-0.2, -0.15) is 5.10 Å². The number of rotatable bonds is 4. The molecule has 0 bridgehead atoms. The molecule has 1 saturated heterocycles. The Morgan fingerprint density at radius 2 is 1.83 bits per heavy atom. The minimum absolute atomic E-state index is 0.472. The zero-order valence-electron chi connectivity index (χ0n) is 12.5. The number of nitrogens with two attached hydrogens (primary N) is 1. The highest BCUT2D eigenvalue weighted by Gasteiger charge is 2.23. The van der Waals surface area contributed by atoms with Crippen molar-refractivity contribution in [3.05, 3.63) is 52.7 Å². The molecule has 0 aliphatic carbocycles. The predicted molar refractivity (Wildman–Crippen MR) is 87.6 cm³/mol. The number of primary amides is 1. The van der Waals surface area contributed by atoms with Gasteiger partial charge in [0.25, 0.3) is 0 Å². The van der Waals surface area contributed by atoms with E-state index in [-0.39, 0.29) is 0 Å². The summed E-state index contributed by atoms with van der Waals surface area (Å²) in [5.74, 6) is -0.337. The number of hydrogen-bond donors (Lipinski definition) is 1. The Kier molecular flexibility index (Phi) is 4.73. The molecule has 7 heteroatoms. The number of amides is 1. The Morgan fingerprint density at radius 3 is 2.39 bits per heavy atom. The summed E-state index contributed by atoms with van der Waals surface area (Å²) in [5.41, 5.74) is 6.82. The first-order chi connectivity index (χ1) is 11.1. The molecule has 2 aromatic rings. The van der Waals surface area contributed by atoms with Crippen molar-refractivity contribution in [1.82, 2.24) is 10.2 Å². The van der Waals surface area contributed by atoms with Crippen LogP contribution >= 0.6 is 11.6 Å². The van der Waals surface area contributed by atoms with Crippen molar-refractivity contribution in [2.45, 2.75) is 5.92 Å². The molecule has 1 aliphatic rings. The lowest BCUT2D eigenvalue weighted by Crippen LogP contribution is -2.37. The molecule has 0 saturated carbocycles. The SMILES string of the molecule is NC(=O)C(c1ccc(Cl)cc1)c1ccc(N2CCOCC2)nn1. The molecule has 0 radical (unpaired) electrons. The van der Waals surface area contributed by atoms with E-state index >= 15 is 0 Å². The summed E-state index contributed by atoms with van der Waals surface area (Å²) < 4.78 is 5.32. The van der Waals surface area contributed by atoms with Gasteiger partial charge in [-0.25, -0.2) is 0 Å². The van der Waals surface area contributed by atoms with Crippen LogP contribution in [0.25, 0.3) is 0 Å². The molecular weight excluding hydrogens is 316 g/mol. The minimum atomic E-state index is -0.640. The standard InChI is InChI=1S/C16H17ClN4O2/c17-12-3-1-11(2-4-12)15(16(18)22)13-5-6-14(20-19-13)21-7-9-23-10-8-21/h1-6,15H,7-10H2,(H2,18,22). The van der Waals surface area contributed by atoms with Crippen LogP contribution in [0.3, 0.4) is 0 Å². The number of morpholine rings is 1. The van der Waals surface area contributed by atoms with Crippen molar-refractivity contribution >= 4 is 23.3 Å². The minimum Gasteiger partial charge on any atom is -0.378 e. The largest absolute Gasteiger partial charge is 0.378 e. The van der Waals surface area contributed by atoms with Gasteiger partial charge in [0.1, 0.15) is 5.92 Å². The normalized spacial score (nSPS) is 16.1. The second-order valence-electron chi connectivity index (χ2n) is 5.30. The van der Waals surface area contributed by atoms with E-state index in [4.69, 9.17) is 22.1 Å². The fourth-order valence-corrected chi connectivity index (χ4v) is 2.71. The quantitative estimate of drug-likeness (QED) is 0.919. The topological polar surface area (TPSA) is 81.3 Å². The van der Waals surface area contributed by atoms with Gasteiger partial charge in [-0.1, -0.05) is 23.7 Å². The van der Waals surface area contributed by atoms with Crippen LogP contribution in [0.15, 0.2) is 36.4 Å². The summed E-state index contributed by atoms with van der Waals surface area (Å²) in [6.07, 6.45) is 0. The number of nitrogens with zero attached hydrogens (tertiary/aromatic N) is 3. The summed E-state index contributed by atoms with van der Waals surface area (Å²) in [7, 11) is 0. The Bertz CT molecular complexity index is 669. The molecule has 0 spiro atoms. The van der Waals surface area contributed by atoms with Gasteiger partial charge in [-0.05, 0) is 29.8 Å². The van der Waals surface area contributed by atoms with Crippen LogP contribution in [-0.4, -0.2) is 42.4 Å². The molecule has 1 fully saturated rings. The number of hydrogen-bond acceptors (Lipinski definition) is 5. The molecule has 2 heterocycles. The van der Waals surface area contributed by atoms with Gasteiger partial charge >= 0.3 is 0 Å².